The fraction of sp³-hybridized carbons (Fsp3) is 0.714. The molecule has 0 heterocycles. The molecular formula is C14H29Al. The maximum Gasteiger partial charge on any atom is 3.00 e. The molecule has 15 heavy (non-hydrogen) atoms. The maximum atomic E-state index is 5.09. The average Bonchev–Trinajstić information content (AvgIpc) is 2.27. The van der Waals surface area contributed by atoms with E-state index in [1.807, 2.05) is 0 Å². The number of rotatable bonds is 5. The van der Waals surface area contributed by atoms with E-state index in [1.165, 1.54) is 25.7 Å². The van der Waals surface area contributed by atoms with Gasteiger partial charge < -0.3 is 20.4 Å². The first-order valence-electron chi connectivity index (χ1n) is 5.86. The fourth-order valence-electron chi connectivity index (χ4n) is 0.322. The Morgan fingerprint density at radius 3 is 1.33 bits per heavy atom. The molecule has 0 aromatic carbocycles. The third kappa shape index (κ3) is 77.3. The Morgan fingerprint density at radius 2 is 1.27 bits per heavy atom. The van der Waals surface area contributed by atoms with Crippen LogP contribution in [0, 0.1) is 20.4 Å². The molecule has 0 nitrogen and oxygen atoms in total. The maximum absolute atomic E-state index is 5.09. The topological polar surface area (TPSA) is 0 Å². The zero-order valence-electron chi connectivity index (χ0n) is 11.1. The van der Waals surface area contributed by atoms with Crippen LogP contribution in [0.25, 0.3) is 0 Å². The first-order chi connectivity index (χ1) is 6.74. The molecule has 0 aromatic heterocycles. The van der Waals surface area contributed by atoms with E-state index < -0.39 is 0 Å². The Morgan fingerprint density at radius 1 is 0.933 bits per heavy atom. The second kappa shape index (κ2) is 36.7. The summed E-state index contributed by atoms with van der Waals surface area (Å²) in [7, 11) is 0. The Bertz CT molecular complexity index is 61.7. The van der Waals surface area contributed by atoms with Crippen LogP contribution in [0.1, 0.15) is 65.7 Å². The molecule has 0 aliphatic rings. The van der Waals surface area contributed by atoms with Gasteiger partial charge in [0.2, 0.25) is 0 Å². The molecule has 0 atom stereocenters. The molecule has 88 valence electrons. The molecule has 0 aliphatic heterocycles. The van der Waals surface area contributed by atoms with Crippen molar-refractivity contribution in [3.8, 4) is 0 Å². The second-order valence-corrected chi connectivity index (χ2v) is 3.09. The van der Waals surface area contributed by atoms with E-state index in [2.05, 4.69) is 34.6 Å². The first kappa shape index (κ1) is 24.5. The van der Waals surface area contributed by atoms with Gasteiger partial charge in [0.25, 0.3) is 0 Å². The molecule has 0 bridgehead atoms. The van der Waals surface area contributed by atoms with Crippen LogP contribution < -0.4 is 0 Å². The minimum Gasteiger partial charge on any atom is -0.518 e. The Kier molecular flexibility index (Phi) is 60.0. The molecule has 0 radical (unpaired) electrons. The van der Waals surface area contributed by atoms with Gasteiger partial charge in [-0.25, -0.2) is 0 Å². The summed E-state index contributed by atoms with van der Waals surface area (Å²) in [5.41, 5.74) is 0. The van der Waals surface area contributed by atoms with Crippen LogP contribution in [0.3, 0.4) is 0 Å². The Hall–Kier alpha value is 0.272. The fourth-order valence-corrected chi connectivity index (χ4v) is 0.322. The van der Waals surface area contributed by atoms with Gasteiger partial charge in [-0.2, -0.15) is 12.8 Å². The van der Waals surface area contributed by atoms with Crippen LogP contribution in [0.5, 0.6) is 0 Å². The number of hydrogen-bond donors (Lipinski definition) is 0. The molecule has 0 aromatic rings. The molecule has 1 heteroatoms. The predicted molar refractivity (Wildman–Crippen MR) is 74.7 cm³/mol. The smallest absolute Gasteiger partial charge is 0.518 e. The van der Waals surface area contributed by atoms with Crippen LogP contribution in [-0.4, -0.2) is 17.4 Å². The number of allylic oxidation sites excluding steroid dienone is 1. The van der Waals surface area contributed by atoms with Gasteiger partial charge >= 0.3 is 17.4 Å². The minimum atomic E-state index is 0. The summed E-state index contributed by atoms with van der Waals surface area (Å²) < 4.78 is 0. The van der Waals surface area contributed by atoms with Crippen LogP contribution in [0.2, 0.25) is 0 Å². The molecule has 0 unspecified atom stereocenters. The Labute approximate surface area is 110 Å². The van der Waals surface area contributed by atoms with E-state index in [0.29, 0.717) is 0 Å². The van der Waals surface area contributed by atoms with Crippen LogP contribution in [0.4, 0.5) is 0 Å². The van der Waals surface area contributed by atoms with Crippen molar-refractivity contribution < 1.29 is 0 Å². The zero-order valence-corrected chi connectivity index (χ0v) is 12.3. The number of unbranched alkanes of at least 4 members (excludes halogenated alkanes) is 4. The van der Waals surface area contributed by atoms with Gasteiger partial charge in [-0.05, 0) is 0 Å². The van der Waals surface area contributed by atoms with E-state index in [0.717, 1.165) is 19.3 Å². The summed E-state index contributed by atoms with van der Waals surface area (Å²) in [6, 6.07) is 0. The molecular weight excluding hydrogens is 195 g/mol. The van der Waals surface area contributed by atoms with Crippen LogP contribution >= 0.6 is 0 Å². The molecule has 0 aliphatic carbocycles. The van der Waals surface area contributed by atoms with Crippen molar-refractivity contribution >= 4 is 17.4 Å². The van der Waals surface area contributed by atoms with E-state index in [9.17, 15) is 0 Å². The van der Waals surface area contributed by atoms with Crippen molar-refractivity contribution in [1.29, 1.82) is 0 Å². The first-order valence-corrected chi connectivity index (χ1v) is 5.86. The van der Waals surface area contributed by atoms with Gasteiger partial charge in [-0.15, -0.1) is 0 Å². The summed E-state index contributed by atoms with van der Waals surface area (Å²) in [5.74, 6) is 0. The molecule has 0 spiro atoms. The summed E-state index contributed by atoms with van der Waals surface area (Å²) >= 11 is 0. The van der Waals surface area contributed by atoms with Crippen LogP contribution in [-0.2, 0) is 0 Å². The average molecular weight is 224 g/mol. The van der Waals surface area contributed by atoms with E-state index in [4.69, 9.17) is 6.58 Å². The minimum absolute atomic E-state index is 0. The third-order valence-electron chi connectivity index (χ3n) is 1.43. The van der Waals surface area contributed by atoms with Gasteiger partial charge in [-0.3, -0.25) is 6.08 Å². The van der Waals surface area contributed by atoms with Gasteiger partial charge in [0.15, 0.2) is 0 Å². The third-order valence-corrected chi connectivity index (χ3v) is 1.43. The van der Waals surface area contributed by atoms with E-state index in [-0.39, 0.29) is 17.4 Å². The molecule has 0 amide bonds. The molecule has 0 saturated heterocycles. The van der Waals surface area contributed by atoms with Crippen molar-refractivity contribution in [2.45, 2.75) is 65.7 Å². The summed E-state index contributed by atoms with van der Waals surface area (Å²) in [6.45, 7) is 18.7. The number of hydrogen-bond acceptors (Lipinski definition) is 0. The van der Waals surface area contributed by atoms with Gasteiger partial charge in [-0.1, -0.05) is 52.9 Å². The second-order valence-electron chi connectivity index (χ2n) is 3.09. The molecule has 0 N–H and O–H groups in total. The monoisotopic (exact) mass is 224 g/mol. The van der Waals surface area contributed by atoms with Crippen molar-refractivity contribution in [1.82, 2.24) is 0 Å². The molecule has 0 fully saturated rings. The van der Waals surface area contributed by atoms with Crippen molar-refractivity contribution in [2.24, 2.45) is 0 Å². The van der Waals surface area contributed by atoms with Gasteiger partial charge in [0.1, 0.15) is 0 Å². The predicted octanol–water partition coefficient (Wildman–Crippen LogP) is 5.03. The van der Waals surface area contributed by atoms with Crippen molar-refractivity contribution in [3.05, 3.63) is 26.5 Å². The van der Waals surface area contributed by atoms with Crippen molar-refractivity contribution in [2.75, 3.05) is 0 Å². The SMILES string of the molecule is [Al+3].[CH-]=CCCCC.[CH2-]CCC.[CH2-]CCC. The van der Waals surface area contributed by atoms with Crippen molar-refractivity contribution in [3.63, 3.8) is 0 Å². The van der Waals surface area contributed by atoms with Gasteiger partial charge in [0.05, 0.1) is 0 Å². The quantitative estimate of drug-likeness (QED) is 0.349. The Balaban J connectivity index is -0.0000000606. The summed E-state index contributed by atoms with van der Waals surface area (Å²) in [5, 5.41) is 0. The molecule has 0 rings (SSSR count). The summed E-state index contributed by atoms with van der Waals surface area (Å²) in [4.78, 5) is 0. The largest absolute Gasteiger partial charge is 3.00 e. The van der Waals surface area contributed by atoms with Gasteiger partial charge in [0, 0.05) is 0 Å². The normalized spacial score (nSPS) is 7.27. The standard InChI is InChI=1S/C6H11.2C4H9.Al/c1-3-5-6-4-2;2*1-3-4-2;/h1,3H,4-6H2,2H3;2*1,3-4H2,2H3;/q3*-1;+3. The van der Waals surface area contributed by atoms with Crippen LogP contribution in [0.15, 0.2) is 6.08 Å². The summed E-state index contributed by atoms with van der Waals surface area (Å²) in [6.07, 6.45) is 9.81. The van der Waals surface area contributed by atoms with E-state index in [1.54, 1.807) is 6.08 Å². The molecule has 0 saturated carbocycles. The zero-order chi connectivity index (χ0) is 11.7. The van der Waals surface area contributed by atoms with E-state index >= 15 is 0 Å².